The van der Waals surface area contributed by atoms with E-state index in [0.29, 0.717) is 0 Å². The Kier molecular flexibility index (Phi) is 3.19. The Balaban J connectivity index is 2.13. The number of hydrogen-bond acceptors (Lipinski definition) is 3. The summed E-state index contributed by atoms with van der Waals surface area (Å²) in [6.07, 6.45) is 3.79. The molecule has 0 aromatic carbocycles. The molecule has 0 saturated heterocycles. The molecule has 1 fully saturated rings. The largest absolute Gasteiger partial charge is 0.312 e. The molecule has 14 heavy (non-hydrogen) atoms. The monoisotopic (exact) mass is 210 g/mol. The maximum Gasteiger partial charge on any atom is 0.0929 e. The second-order valence-electron chi connectivity index (χ2n) is 3.82. The molecule has 1 aliphatic rings. The number of aryl methyl sites for hydroxylation is 1. The quantitative estimate of drug-likeness (QED) is 0.808. The summed E-state index contributed by atoms with van der Waals surface area (Å²) in [6.45, 7) is 6.40. The molecule has 0 unspecified atom stereocenters. The highest BCUT2D eigenvalue weighted by atomic mass is 32.1. The van der Waals surface area contributed by atoms with Gasteiger partial charge in [0.15, 0.2) is 0 Å². The minimum atomic E-state index is 0.792. The summed E-state index contributed by atoms with van der Waals surface area (Å²) in [5, 5.41) is 4.70. The van der Waals surface area contributed by atoms with E-state index in [2.05, 4.69) is 19.2 Å². The van der Waals surface area contributed by atoms with Crippen LogP contribution >= 0.6 is 11.3 Å². The molecule has 1 heterocycles. The Labute approximate surface area is 89.8 Å². The van der Waals surface area contributed by atoms with Crippen LogP contribution in [0.5, 0.6) is 0 Å². The number of hydrogen-bond donors (Lipinski definition) is 1. The predicted molar refractivity (Wildman–Crippen MR) is 60.8 cm³/mol. The topological polar surface area (TPSA) is 24.9 Å². The van der Waals surface area contributed by atoms with E-state index in [1.165, 1.54) is 28.4 Å². The molecular formula is C11H18N2S. The third-order valence-electron chi connectivity index (χ3n) is 2.57. The van der Waals surface area contributed by atoms with E-state index < -0.39 is 0 Å². The van der Waals surface area contributed by atoms with E-state index >= 15 is 0 Å². The predicted octanol–water partition coefficient (Wildman–Crippen LogP) is 2.69. The average Bonchev–Trinajstić information content (AvgIpc) is 2.96. The van der Waals surface area contributed by atoms with Crippen LogP contribution in [-0.2, 0) is 13.0 Å². The van der Waals surface area contributed by atoms with Crippen molar-refractivity contribution in [3.63, 3.8) is 0 Å². The molecule has 78 valence electrons. The van der Waals surface area contributed by atoms with E-state index in [9.17, 15) is 0 Å². The van der Waals surface area contributed by atoms with Crippen LogP contribution in [0.2, 0.25) is 0 Å². The lowest BCUT2D eigenvalue weighted by Crippen LogP contribution is -2.11. The molecule has 1 aromatic heterocycles. The fourth-order valence-corrected chi connectivity index (χ4v) is 2.67. The highest BCUT2D eigenvalue weighted by Gasteiger charge is 2.29. The minimum Gasteiger partial charge on any atom is -0.312 e. The van der Waals surface area contributed by atoms with Gasteiger partial charge in [-0.2, -0.15) is 0 Å². The first-order valence-electron chi connectivity index (χ1n) is 5.54. The molecule has 1 N–H and O–H groups in total. The maximum absolute atomic E-state index is 4.72. The molecule has 0 spiro atoms. The van der Waals surface area contributed by atoms with Crippen molar-refractivity contribution in [1.29, 1.82) is 0 Å². The fourth-order valence-electron chi connectivity index (χ4n) is 1.61. The highest BCUT2D eigenvalue weighted by Crippen LogP contribution is 2.42. The fraction of sp³-hybridized carbons (Fsp3) is 0.727. The molecule has 0 radical (unpaired) electrons. The molecule has 1 aromatic rings. The van der Waals surface area contributed by atoms with Crippen LogP contribution in [0.3, 0.4) is 0 Å². The van der Waals surface area contributed by atoms with Crippen LogP contribution in [0.4, 0.5) is 0 Å². The number of nitrogens with zero attached hydrogens (tertiary/aromatic N) is 1. The number of rotatable bonds is 5. The third-order valence-corrected chi connectivity index (χ3v) is 3.79. The van der Waals surface area contributed by atoms with E-state index in [1.807, 2.05) is 11.3 Å². The van der Waals surface area contributed by atoms with Crippen LogP contribution in [0.25, 0.3) is 0 Å². The zero-order valence-corrected chi connectivity index (χ0v) is 9.78. The lowest BCUT2D eigenvalue weighted by Gasteiger charge is -2.00. The van der Waals surface area contributed by atoms with Gasteiger partial charge < -0.3 is 5.32 Å². The summed E-state index contributed by atoms with van der Waals surface area (Å²) in [7, 11) is 0. The maximum atomic E-state index is 4.72. The van der Waals surface area contributed by atoms with Crippen molar-refractivity contribution in [3.8, 4) is 0 Å². The number of nitrogens with one attached hydrogen (secondary N) is 1. The first-order valence-corrected chi connectivity index (χ1v) is 6.36. The summed E-state index contributed by atoms with van der Waals surface area (Å²) in [6, 6.07) is 0. The van der Waals surface area contributed by atoms with Gasteiger partial charge in [-0.3, -0.25) is 0 Å². The second-order valence-corrected chi connectivity index (χ2v) is 4.99. The van der Waals surface area contributed by atoms with Crippen LogP contribution in [0, 0.1) is 0 Å². The van der Waals surface area contributed by atoms with Crippen LogP contribution < -0.4 is 5.32 Å². The average molecular weight is 210 g/mol. The molecule has 1 saturated carbocycles. The zero-order chi connectivity index (χ0) is 9.97. The zero-order valence-electron chi connectivity index (χ0n) is 8.97. The van der Waals surface area contributed by atoms with E-state index in [1.54, 1.807) is 0 Å². The van der Waals surface area contributed by atoms with Crippen LogP contribution in [0.1, 0.15) is 48.2 Å². The Morgan fingerprint density at radius 3 is 2.79 bits per heavy atom. The molecule has 0 aliphatic heterocycles. The standard InChI is InChI=1S/C11H18N2S/c1-3-10-13-11(8-5-6-8)9(14-10)7-12-4-2/h8,12H,3-7H2,1-2H3. The Morgan fingerprint density at radius 1 is 1.43 bits per heavy atom. The Morgan fingerprint density at radius 2 is 2.21 bits per heavy atom. The van der Waals surface area contributed by atoms with Crippen molar-refractivity contribution in [3.05, 3.63) is 15.6 Å². The summed E-state index contributed by atoms with van der Waals surface area (Å²) < 4.78 is 0. The van der Waals surface area contributed by atoms with Gasteiger partial charge in [-0.1, -0.05) is 13.8 Å². The van der Waals surface area contributed by atoms with Gasteiger partial charge in [0.2, 0.25) is 0 Å². The molecule has 2 nitrogen and oxygen atoms in total. The molecule has 0 atom stereocenters. The second kappa shape index (κ2) is 4.41. The normalized spacial score (nSPS) is 16.1. The molecule has 0 bridgehead atoms. The molecular weight excluding hydrogens is 192 g/mol. The van der Waals surface area contributed by atoms with E-state index in [0.717, 1.165) is 25.4 Å². The van der Waals surface area contributed by atoms with Crippen LogP contribution in [-0.4, -0.2) is 11.5 Å². The first-order chi connectivity index (χ1) is 6.85. The van der Waals surface area contributed by atoms with Gasteiger partial charge in [0, 0.05) is 17.3 Å². The van der Waals surface area contributed by atoms with Gasteiger partial charge in [-0.05, 0) is 25.8 Å². The molecule has 1 aliphatic carbocycles. The molecule has 0 amide bonds. The smallest absolute Gasteiger partial charge is 0.0929 e. The summed E-state index contributed by atoms with van der Waals surface area (Å²) >= 11 is 1.89. The van der Waals surface area contributed by atoms with Gasteiger partial charge >= 0.3 is 0 Å². The van der Waals surface area contributed by atoms with E-state index in [-0.39, 0.29) is 0 Å². The van der Waals surface area contributed by atoms with Crippen molar-refractivity contribution < 1.29 is 0 Å². The Hall–Kier alpha value is -0.410. The lowest BCUT2D eigenvalue weighted by atomic mass is 10.2. The minimum absolute atomic E-state index is 0.792. The summed E-state index contributed by atoms with van der Waals surface area (Å²) in [5.41, 5.74) is 1.40. The third kappa shape index (κ3) is 2.15. The van der Waals surface area contributed by atoms with Crippen molar-refractivity contribution in [2.24, 2.45) is 0 Å². The van der Waals surface area contributed by atoms with Gasteiger partial charge in [-0.25, -0.2) is 4.98 Å². The van der Waals surface area contributed by atoms with Gasteiger partial charge in [0.05, 0.1) is 10.7 Å². The van der Waals surface area contributed by atoms with Crippen molar-refractivity contribution in [2.45, 2.75) is 45.6 Å². The van der Waals surface area contributed by atoms with Gasteiger partial charge in [-0.15, -0.1) is 11.3 Å². The number of thiazole rings is 1. The van der Waals surface area contributed by atoms with Crippen LogP contribution in [0.15, 0.2) is 0 Å². The summed E-state index contributed by atoms with van der Waals surface area (Å²) in [4.78, 5) is 6.20. The van der Waals surface area contributed by atoms with E-state index in [4.69, 9.17) is 4.98 Å². The molecule has 3 heteroatoms. The number of aromatic nitrogens is 1. The van der Waals surface area contributed by atoms with Crippen molar-refractivity contribution in [2.75, 3.05) is 6.54 Å². The van der Waals surface area contributed by atoms with Crippen molar-refractivity contribution >= 4 is 11.3 Å². The van der Waals surface area contributed by atoms with Gasteiger partial charge in [0.1, 0.15) is 0 Å². The van der Waals surface area contributed by atoms with Gasteiger partial charge in [0.25, 0.3) is 0 Å². The highest BCUT2D eigenvalue weighted by molar-refractivity contribution is 7.11. The Bertz CT molecular complexity index is 302. The SMILES string of the molecule is CCNCc1sc(CC)nc1C1CC1. The van der Waals surface area contributed by atoms with Crippen molar-refractivity contribution in [1.82, 2.24) is 10.3 Å². The summed E-state index contributed by atoms with van der Waals surface area (Å²) in [5.74, 6) is 0.792. The molecule has 2 rings (SSSR count). The first kappa shape index (κ1) is 10.1. The lowest BCUT2D eigenvalue weighted by molar-refractivity contribution is 0.726.